The van der Waals surface area contributed by atoms with Gasteiger partial charge in [-0.2, -0.15) is 0 Å². The summed E-state index contributed by atoms with van der Waals surface area (Å²) in [6, 6.07) is 11.3. The van der Waals surface area contributed by atoms with E-state index in [9.17, 15) is 4.79 Å². The second-order valence-electron chi connectivity index (χ2n) is 5.60. The highest BCUT2D eigenvalue weighted by atomic mass is 35.5. The first-order valence-corrected chi connectivity index (χ1v) is 8.42. The molecule has 0 saturated carbocycles. The van der Waals surface area contributed by atoms with Crippen molar-refractivity contribution in [1.29, 1.82) is 0 Å². The summed E-state index contributed by atoms with van der Waals surface area (Å²) in [6.07, 6.45) is 3.14. The summed E-state index contributed by atoms with van der Waals surface area (Å²) in [5.41, 5.74) is 2.73. The molecule has 0 aliphatic rings. The lowest BCUT2D eigenvalue weighted by molar-refractivity contribution is -0.151. The third kappa shape index (κ3) is 3.83. The number of hydrogen-bond acceptors (Lipinski definition) is 4. The molecule has 6 heteroatoms. The second kappa shape index (κ2) is 7.68. The van der Waals surface area contributed by atoms with Crippen LogP contribution < -0.4 is 0 Å². The van der Waals surface area contributed by atoms with Crippen LogP contribution in [0.5, 0.6) is 0 Å². The molecular weight excluding hydrogens is 340 g/mol. The van der Waals surface area contributed by atoms with Crippen molar-refractivity contribution in [2.75, 3.05) is 13.2 Å². The first-order valence-electron chi connectivity index (χ1n) is 8.05. The average Bonchev–Trinajstić information content (AvgIpc) is 2.92. The van der Waals surface area contributed by atoms with Gasteiger partial charge in [0.2, 0.25) is 0 Å². The lowest BCUT2D eigenvalue weighted by Gasteiger charge is -2.20. The maximum Gasteiger partial charge on any atom is 0.332 e. The third-order valence-electron chi connectivity index (χ3n) is 3.85. The monoisotopic (exact) mass is 358 g/mol. The van der Waals surface area contributed by atoms with Gasteiger partial charge in [0.25, 0.3) is 0 Å². The van der Waals surface area contributed by atoms with Crippen molar-refractivity contribution in [2.24, 2.45) is 0 Å². The van der Waals surface area contributed by atoms with Crippen LogP contribution in [0.2, 0.25) is 5.02 Å². The van der Waals surface area contributed by atoms with Gasteiger partial charge in [0.15, 0.2) is 6.23 Å². The zero-order valence-corrected chi connectivity index (χ0v) is 14.9. The van der Waals surface area contributed by atoms with E-state index >= 15 is 0 Å². The number of hydrogen-bond donors (Lipinski definition) is 0. The number of carbonyl (C=O) groups is 1. The van der Waals surface area contributed by atoms with Crippen molar-refractivity contribution in [3.63, 3.8) is 0 Å². The van der Waals surface area contributed by atoms with Crippen LogP contribution in [-0.2, 0) is 14.3 Å². The summed E-state index contributed by atoms with van der Waals surface area (Å²) in [4.78, 5) is 16.1. The highest BCUT2D eigenvalue weighted by Crippen LogP contribution is 2.29. The van der Waals surface area contributed by atoms with Crippen molar-refractivity contribution in [3.8, 4) is 0 Å². The third-order valence-corrected chi connectivity index (χ3v) is 4.09. The predicted octanol–water partition coefficient (Wildman–Crippen LogP) is 4.12. The van der Waals surface area contributed by atoms with Gasteiger partial charge in [0.05, 0.1) is 17.8 Å². The molecule has 0 N–H and O–H groups in total. The van der Waals surface area contributed by atoms with Crippen LogP contribution in [0.4, 0.5) is 0 Å². The van der Waals surface area contributed by atoms with E-state index in [1.165, 1.54) is 0 Å². The highest BCUT2D eigenvalue weighted by Gasteiger charge is 2.20. The Labute approximate surface area is 151 Å². The van der Waals surface area contributed by atoms with Crippen LogP contribution in [0.1, 0.15) is 24.4 Å². The number of pyridine rings is 1. The molecule has 1 unspecified atom stereocenters. The molecular formula is C19H19ClN2O3. The van der Waals surface area contributed by atoms with Gasteiger partial charge in [-0.3, -0.25) is 4.98 Å². The lowest BCUT2D eigenvalue weighted by Crippen LogP contribution is -2.20. The van der Waals surface area contributed by atoms with Crippen molar-refractivity contribution < 1.29 is 14.3 Å². The molecule has 0 bridgehead atoms. The molecule has 1 aromatic carbocycles. The molecule has 0 amide bonds. The molecule has 0 fully saturated rings. The molecule has 0 aliphatic carbocycles. The van der Waals surface area contributed by atoms with E-state index in [-0.39, 0.29) is 6.61 Å². The zero-order valence-electron chi connectivity index (χ0n) is 14.1. The van der Waals surface area contributed by atoms with Crippen LogP contribution in [0.15, 0.2) is 48.8 Å². The molecule has 5 nitrogen and oxygen atoms in total. The standard InChI is InChI=1S/C19H19ClN2O3/c1-3-24-18(23)12-25-19(16-6-4-5-9-21-16)22-11-13(2)15-10-14(20)7-8-17(15)22/h4-11,19H,3,12H2,1-2H3. The summed E-state index contributed by atoms with van der Waals surface area (Å²) >= 11 is 6.12. The summed E-state index contributed by atoms with van der Waals surface area (Å²) in [5.74, 6) is -0.403. The number of esters is 1. The van der Waals surface area contributed by atoms with Gasteiger partial charge in [-0.25, -0.2) is 4.79 Å². The summed E-state index contributed by atoms with van der Waals surface area (Å²) < 4.78 is 12.8. The Bertz CT molecular complexity index is 877. The van der Waals surface area contributed by atoms with Crippen LogP contribution in [0.25, 0.3) is 10.9 Å². The fourth-order valence-corrected chi connectivity index (χ4v) is 2.94. The number of aromatic nitrogens is 2. The van der Waals surface area contributed by atoms with Crippen molar-refractivity contribution >= 4 is 28.5 Å². The molecule has 3 rings (SSSR count). The Morgan fingerprint density at radius 1 is 1.32 bits per heavy atom. The van der Waals surface area contributed by atoms with Crippen molar-refractivity contribution in [1.82, 2.24) is 9.55 Å². The van der Waals surface area contributed by atoms with Crippen molar-refractivity contribution in [3.05, 3.63) is 65.1 Å². The minimum atomic E-state index is -0.539. The topological polar surface area (TPSA) is 53.4 Å². The van der Waals surface area contributed by atoms with Crippen LogP contribution in [0.3, 0.4) is 0 Å². The van der Waals surface area contributed by atoms with E-state index in [0.29, 0.717) is 17.3 Å². The number of benzene rings is 1. The number of rotatable bonds is 6. The molecule has 1 atom stereocenters. The SMILES string of the molecule is CCOC(=O)COC(c1ccccn1)n1cc(C)c2cc(Cl)ccc21. The number of nitrogens with zero attached hydrogens (tertiary/aromatic N) is 2. The van der Waals surface area contributed by atoms with Gasteiger partial charge in [-0.15, -0.1) is 0 Å². The Balaban J connectivity index is 2.01. The van der Waals surface area contributed by atoms with Gasteiger partial charge in [0.1, 0.15) is 6.61 Å². The normalized spacial score (nSPS) is 12.3. The van der Waals surface area contributed by atoms with E-state index in [4.69, 9.17) is 21.1 Å². The molecule has 0 spiro atoms. The Morgan fingerprint density at radius 3 is 2.88 bits per heavy atom. The molecule has 0 radical (unpaired) electrons. The first kappa shape index (κ1) is 17.5. The van der Waals surface area contributed by atoms with Crippen molar-refractivity contribution in [2.45, 2.75) is 20.1 Å². The number of ether oxygens (including phenoxy) is 2. The molecule has 2 aromatic heterocycles. The van der Waals surface area contributed by atoms with Crippen LogP contribution in [-0.4, -0.2) is 28.7 Å². The van der Waals surface area contributed by atoms with Crippen LogP contribution in [0, 0.1) is 6.92 Å². The Morgan fingerprint density at radius 2 is 2.16 bits per heavy atom. The van der Waals surface area contributed by atoms with E-state index < -0.39 is 12.2 Å². The summed E-state index contributed by atoms with van der Waals surface area (Å²) in [6.45, 7) is 3.94. The van der Waals surface area contributed by atoms with Crippen LogP contribution >= 0.6 is 11.6 Å². The first-order chi connectivity index (χ1) is 12.1. The van der Waals surface area contributed by atoms with E-state index in [1.54, 1.807) is 13.1 Å². The molecule has 25 heavy (non-hydrogen) atoms. The van der Waals surface area contributed by atoms with E-state index in [1.807, 2.05) is 54.1 Å². The minimum Gasteiger partial charge on any atom is -0.464 e. The number of aryl methyl sites for hydroxylation is 1. The lowest BCUT2D eigenvalue weighted by atomic mass is 10.2. The zero-order chi connectivity index (χ0) is 17.8. The van der Waals surface area contributed by atoms with Gasteiger partial charge < -0.3 is 14.0 Å². The Kier molecular flexibility index (Phi) is 5.36. The average molecular weight is 359 g/mol. The number of carbonyl (C=O) groups excluding carboxylic acids is 1. The number of fused-ring (bicyclic) bond motifs is 1. The van der Waals surface area contributed by atoms with E-state index in [2.05, 4.69) is 4.98 Å². The smallest absolute Gasteiger partial charge is 0.332 e. The predicted molar refractivity (Wildman–Crippen MR) is 96.6 cm³/mol. The number of halogens is 1. The largest absolute Gasteiger partial charge is 0.464 e. The fraction of sp³-hybridized carbons (Fsp3) is 0.263. The van der Waals surface area contributed by atoms with Gasteiger partial charge in [-0.1, -0.05) is 17.7 Å². The summed E-state index contributed by atoms with van der Waals surface area (Å²) in [7, 11) is 0. The quantitative estimate of drug-likeness (QED) is 0.622. The molecule has 130 valence electrons. The molecule has 2 heterocycles. The van der Waals surface area contributed by atoms with Gasteiger partial charge in [0, 0.05) is 22.8 Å². The molecule has 3 aromatic rings. The fourth-order valence-electron chi connectivity index (χ4n) is 2.77. The minimum absolute atomic E-state index is 0.151. The highest BCUT2D eigenvalue weighted by molar-refractivity contribution is 6.31. The maximum absolute atomic E-state index is 11.7. The maximum atomic E-state index is 11.7. The van der Waals surface area contributed by atoms with E-state index in [0.717, 1.165) is 16.5 Å². The van der Waals surface area contributed by atoms with Gasteiger partial charge in [-0.05, 0) is 49.7 Å². The van der Waals surface area contributed by atoms with Gasteiger partial charge >= 0.3 is 5.97 Å². The molecule has 0 aliphatic heterocycles. The summed E-state index contributed by atoms with van der Waals surface area (Å²) in [5, 5.41) is 1.71. The second-order valence-corrected chi connectivity index (χ2v) is 6.04. The Hall–Kier alpha value is -2.37. The molecule has 0 saturated heterocycles.